The van der Waals surface area contributed by atoms with Crippen molar-refractivity contribution < 1.29 is 14.6 Å². The number of fused-ring (bicyclic) bond motifs is 1. The van der Waals surface area contributed by atoms with E-state index in [2.05, 4.69) is 0 Å². The molecule has 0 radical (unpaired) electrons. The first-order valence-electron chi connectivity index (χ1n) is 6.36. The number of aliphatic hydroxyl groups is 1. The number of amides is 1. The van der Waals surface area contributed by atoms with Crippen molar-refractivity contribution in [2.45, 2.75) is 51.0 Å². The molecule has 2 rings (SSSR count). The summed E-state index contributed by atoms with van der Waals surface area (Å²) in [5.74, 6) is 0.354. The Kier molecular flexibility index (Phi) is 3.70. The molecular formula is C12H22N2O3. The van der Waals surface area contributed by atoms with Crippen LogP contribution in [0.1, 0.15) is 26.7 Å². The van der Waals surface area contributed by atoms with Gasteiger partial charge in [-0.25, -0.2) is 0 Å². The van der Waals surface area contributed by atoms with Gasteiger partial charge in [0.1, 0.15) is 6.10 Å². The summed E-state index contributed by atoms with van der Waals surface area (Å²) in [5.41, 5.74) is 5.91. The van der Waals surface area contributed by atoms with E-state index in [1.54, 1.807) is 4.90 Å². The molecule has 2 aliphatic heterocycles. The molecule has 0 bridgehead atoms. The van der Waals surface area contributed by atoms with Gasteiger partial charge in [0.2, 0.25) is 5.91 Å². The number of aliphatic hydroxyl groups excluding tert-OH is 1. The summed E-state index contributed by atoms with van der Waals surface area (Å²) >= 11 is 0. The van der Waals surface area contributed by atoms with Gasteiger partial charge in [0.25, 0.3) is 0 Å². The zero-order chi connectivity index (χ0) is 12.6. The van der Waals surface area contributed by atoms with Crippen molar-refractivity contribution in [1.82, 2.24) is 4.90 Å². The number of hydrogen-bond acceptors (Lipinski definition) is 4. The first kappa shape index (κ1) is 12.8. The van der Waals surface area contributed by atoms with Gasteiger partial charge in [0.05, 0.1) is 24.8 Å². The lowest BCUT2D eigenvalue weighted by Gasteiger charge is -2.28. The Hall–Kier alpha value is -0.650. The van der Waals surface area contributed by atoms with Gasteiger partial charge < -0.3 is 20.5 Å². The second kappa shape index (κ2) is 4.92. The summed E-state index contributed by atoms with van der Waals surface area (Å²) in [5, 5.41) is 9.82. The third-order valence-corrected chi connectivity index (χ3v) is 3.60. The van der Waals surface area contributed by atoms with Crippen molar-refractivity contribution in [3.8, 4) is 0 Å². The van der Waals surface area contributed by atoms with Crippen LogP contribution in [0.5, 0.6) is 0 Å². The number of rotatable bonds is 3. The molecule has 0 aliphatic carbocycles. The number of carbonyl (C=O) groups is 1. The quantitative estimate of drug-likeness (QED) is 0.714. The molecular weight excluding hydrogens is 220 g/mol. The first-order chi connectivity index (χ1) is 8.00. The summed E-state index contributed by atoms with van der Waals surface area (Å²) in [4.78, 5) is 13.9. The van der Waals surface area contributed by atoms with Gasteiger partial charge in [0, 0.05) is 6.54 Å². The van der Waals surface area contributed by atoms with Crippen molar-refractivity contribution in [1.29, 1.82) is 0 Å². The van der Waals surface area contributed by atoms with Gasteiger partial charge in [-0.2, -0.15) is 0 Å². The third-order valence-electron chi connectivity index (χ3n) is 3.60. The maximum Gasteiger partial charge on any atom is 0.239 e. The van der Waals surface area contributed by atoms with Crippen molar-refractivity contribution >= 4 is 5.91 Å². The lowest BCUT2D eigenvalue weighted by atomic mass is 10.0. The number of carbonyl (C=O) groups excluding carboxylic acids is 1. The van der Waals surface area contributed by atoms with Crippen LogP contribution in [0.2, 0.25) is 0 Å². The van der Waals surface area contributed by atoms with Gasteiger partial charge >= 0.3 is 0 Å². The van der Waals surface area contributed by atoms with Crippen LogP contribution < -0.4 is 5.73 Å². The third kappa shape index (κ3) is 2.46. The molecule has 98 valence electrons. The zero-order valence-corrected chi connectivity index (χ0v) is 10.5. The standard InChI is InChI=1S/C12H22N2O3/c1-7(2)5-8(13)12(16)14-4-3-10-11(14)9(15)6-17-10/h7-11,15H,3-6,13H2,1-2H3/t8?,9-,10+,11+/m0/s1. The molecule has 2 fully saturated rings. The highest BCUT2D eigenvalue weighted by atomic mass is 16.5. The van der Waals surface area contributed by atoms with Crippen LogP contribution in [0.25, 0.3) is 0 Å². The Morgan fingerprint density at radius 2 is 2.29 bits per heavy atom. The molecule has 2 heterocycles. The highest BCUT2D eigenvalue weighted by Gasteiger charge is 2.47. The predicted octanol–water partition coefficient (Wildman–Crippen LogP) is -0.280. The van der Waals surface area contributed by atoms with Crippen LogP contribution in [-0.4, -0.2) is 53.4 Å². The summed E-state index contributed by atoms with van der Waals surface area (Å²) in [6, 6.07) is -0.637. The maximum atomic E-state index is 12.2. The molecule has 2 aliphatic rings. The summed E-state index contributed by atoms with van der Waals surface area (Å²) in [6.07, 6.45) is 0.934. The van der Waals surface area contributed by atoms with Gasteiger partial charge in [-0.15, -0.1) is 0 Å². The molecule has 17 heavy (non-hydrogen) atoms. The lowest BCUT2D eigenvalue weighted by Crippen LogP contribution is -2.50. The second-order valence-corrected chi connectivity index (χ2v) is 5.49. The average Bonchev–Trinajstić information content (AvgIpc) is 2.80. The molecule has 1 amide bonds. The number of nitrogens with two attached hydrogens (primary N) is 1. The number of hydrogen-bond donors (Lipinski definition) is 2. The van der Waals surface area contributed by atoms with E-state index >= 15 is 0 Å². The molecule has 0 aromatic rings. The Morgan fingerprint density at radius 3 is 2.94 bits per heavy atom. The van der Waals surface area contributed by atoms with Crippen molar-refractivity contribution in [3.63, 3.8) is 0 Å². The topological polar surface area (TPSA) is 75.8 Å². The van der Waals surface area contributed by atoms with Crippen molar-refractivity contribution in [3.05, 3.63) is 0 Å². The van der Waals surface area contributed by atoms with Crippen LogP contribution >= 0.6 is 0 Å². The second-order valence-electron chi connectivity index (χ2n) is 5.49. The SMILES string of the molecule is CC(C)CC(N)C(=O)N1CC[C@H]2OC[C@H](O)[C@H]21. The lowest BCUT2D eigenvalue weighted by molar-refractivity contribution is -0.135. The first-order valence-corrected chi connectivity index (χ1v) is 6.36. The summed E-state index contributed by atoms with van der Waals surface area (Å²) in [6.45, 7) is 5.08. The largest absolute Gasteiger partial charge is 0.388 e. The highest BCUT2D eigenvalue weighted by molar-refractivity contribution is 5.82. The minimum atomic E-state index is -0.558. The van der Waals surface area contributed by atoms with Crippen LogP contribution in [0.3, 0.4) is 0 Å². The molecule has 5 heteroatoms. The fraction of sp³-hybridized carbons (Fsp3) is 0.917. The van der Waals surface area contributed by atoms with E-state index in [1.807, 2.05) is 13.8 Å². The molecule has 0 aromatic carbocycles. The molecule has 3 N–H and O–H groups in total. The maximum absolute atomic E-state index is 12.2. The summed E-state index contributed by atoms with van der Waals surface area (Å²) < 4.78 is 5.45. The smallest absolute Gasteiger partial charge is 0.239 e. The van der Waals surface area contributed by atoms with Crippen molar-refractivity contribution in [2.75, 3.05) is 13.2 Å². The predicted molar refractivity (Wildman–Crippen MR) is 63.3 cm³/mol. The Bertz CT molecular complexity index is 295. The fourth-order valence-electron chi connectivity index (χ4n) is 2.82. The van der Waals surface area contributed by atoms with Gasteiger partial charge in [0.15, 0.2) is 0 Å². The normalized spacial score (nSPS) is 34.2. The molecule has 1 unspecified atom stereocenters. The van der Waals surface area contributed by atoms with Gasteiger partial charge in [-0.05, 0) is 18.8 Å². The molecule has 0 spiro atoms. The monoisotopic (exact) mass is 242 g/mol. The van der Waals surface area contributed by atoms with E-state index in [9.17, 15) is 9.90 Å². The van der Waals surface area contributed by atoms with E-state index in [0.29, 0.717) is 25.5 Å². The number of likely N-dealkylation sites (tertiary alicyclic amines) is 1. The minimum absolute atomic E-state index is 0.000185. The Morgan fingerprint density at radius 1 is 1.59 bits per heavy atom. The molecule has 2 saturated heterocycles. The summed E-state index contributed by atoms with van der Waals surface area (Å²) in [7, 11) is 0. The molecule has 5 nitrogen and oxygen atoms in total. The van der Waals surface area contributed by atoms with Gasteiger partial charge in [-0.3, -0.25) is 4.79 Å². The fourth-order valence-corrected chi connectivity index (χ4v) is 2.82. The molecule has 0 saturated carbocycles. The van der Waals surface area contributed by atoms with E-state index in [0.717, 1.165) is 6.42 Å². The van der Waals surface area contributed by atoms with Gasteiger partial charge in [-0.1, -0.05) is 13.8 Å². The minimum Gasteiger partial charge on any atom is -0.388 e. The van der Waals surface area contributed by atoms with Crippen LogP contribution in [0.4, 0.5) is 0 Å². The van der Waals surface area contributed by atoms with E-state index in [4.69, 9.17) is 10.5 Å². The number of nitrogens with zero attached hydrogens (tertiary/aromatic N) is 1. The molecule has 0 aromatic heterocycles. The highest BCUT2D eigenvalue weighted by Crippen LogP contribution is 2.30. The average molecular weight is 242 g/mol. The van der Waals surface area contributed by atoms with Crippen LogP contribution in [0.15, 0.2) is 0 Å². The van der Waals surface area contributed by atoms with Crippen LogP contribution in [-0.2, 0) is 9.53 Å². The Balaban J connectivity index is 2.00. The van der Waals surface area contributed by atoms with E-state index in [1.165, 1.54) is 0 Å². The van der Waals surface area contributed by atoms with E-state index in [-0.39, 0.29) is 18.1 Å². The molecule has 4 atom stereocenters. The Labute approximate surface area is 102 Å². The zero-order valence-electron chi connectivity index (χ0n) is 10.5. The van der Waals surface area contributed by atoms with Crippen molar-refractivity contribution in [2.24, 2.45) is 11.7 Å². The number of ether oxygens (including phenoxy) is 1. The van der Waals surface area contributed by atoms with Crippen LogP contribution in [0, 0.1) is 5.92 Å². The van der Waals surface area contributed by atoms with E-state index < -0.39 is 12.1 Å².